The van der Waals surface area contributed by atoms with Gasteiger partial charge < -0.3 is 14.6 Å². The fraction of sp³-hybridized carbons (Fsp3) is 0.476. The third-order valence-electron chi connectivity index (χ3n) is 5.02. The van der Waals surface area contributed by atoms with Gasteiger partial charge in [-0.3, -0.25) is 14.3 Å². The van der Waals surface area contributed by atoms with E-state index in [1.165, 1.54) is 10.8 Å². The summed E-state index contributed by atoms with van der Waals surface area (Å²) in [5.41, 5.74) is 0.618. The Kier molecular flexibility index (Phi) is 8.04. The lowest BCUT2D eigenvalue weighted by Gasteiger charge is -2.19. The molecule has 1 unspecified atom stereocenters. The molecular formula is C21H26N2O6S2. The van der Waals surface area contributed by atoms with Crippen LogP contribution in [0.5, 0.6) is 0 Å². The summed E-state index contributed by atoms with van der Waals surface area (Å²) in [7, 11) is 3.41. The average Bonchev–Trinajstić information content (AvgIpc) is 3.16. The van der Waals surface area contributed by atoms with Gasteiger partial charge in [-0.15, -0.1) is 0 Å². The number of aryl methyl sites for hydroxylation is 1. The van der Waals surface area contributed by atoms with Crippen LogP contribution < -0.4 is 11.2 Å². The number of H-pyrrole nitrogens is 1. The molecule has 1 aliphatic heterocycles. The van der Waals surface area contributed by atoms with E-state index in [9.17, 15) is 19.5 Å². The number of ether oxygens (including phenoxy) is 2. The van der Waals surface area contributed by atoms with Gasteiger partial charge in [-0.1, -0.05) is 46.7 Å². The molecule has 1 fully saturated rings. The Morgan fingerprint density at radius 1 is 1.39 bits per heavy atom. The van der Waals surface area contributed by atoms with Crippen LogP contribution in [0.1, 0.15) is 53.2 Å². The first-order valence-electron chi connectivity index (χ1n) is 10.0. The average molecular weight is 467 g/mol. The third-order valence-corrected chi connectivity index (χ3v) is 7.92. The highest BCUT2D eigenvalue weighted by atomic mass is 33.1. The molecular weight excluding hydrogens is 440 g/mol. The number of hydrogen-bond donors (Lipinski definition) is 2. The molecule has 8 nitrogen and oxygen atoms in total. The highest BCUT2D eigenvalue weighted by Gasteiger charge is 2.39. The maximum atomic E-state index is 13.0. The second-order valence-corrected chi connectivity index (χ2v) is 10.2. The molecule has 3 rings (SSSR count). The minimum atomic E-state index is -0.775. The second kappa shape index (κ2) is 10.5. The number of aliphatic hydroxyl groups is 1. The van der Waals surface area contributed by atoms with Crippen molar-refractivity contribution in [3.63, 3.8) is 0 Å². The van der Waals surface area contributed by atoms with Crippen LogP contribution in [0.15, 0.2) is 40.1 Å². The van der Waals surface area contributed by atoms with Crippen LogP contribution in [0.2, 0.25) is 0 Å². The van der Waals surface area contributed by atoms with Crippen molar-refractivity contribution < 1.29 is 19.4 Å². The molecule has 0 bridgehead atoms. The van der Waals surface area contributed by atoms with Gasteiger partial charge in [-0.05, 0) is 25.5 Å². The van der Waals surface area contributed by atoms with Gasteiger partial charge in [0.15, 0.2) is 0 Å². The monoisotopic (exact) mass is 466 g/mol. The maximum absolute atomic E-state index is 13.0. The summed E-state index contributed by atoms with van der Waals surface area (Å²) in [6, 6.07) is 7.30. The molecule has 2 heterocycles. The van der Waals surface area contributed by atoms with Crippen LogP contribution in [-0.4, -0.2) is 45.2 Å². The van der Waals surface area contributed by atoms with E-state index >= 15 is 0 Å². The Bertz CT molecular complexity index is 1040. The van der Waals surface area contributed by atoms with Crippen LogP contribution >= 0.6 is 21.6 Å². The number of nitrogens with one attached hydrogen (secondary N) is 1. The van der Waals surface area contributed by atoms with Gasteiger partial charge in [0.05, 0.1) is 12.2 Å². The smallest absolute Gasteiger partial charge is 0.338 e. The summed E-state index contributed by atoms with van der Waals surface area (Å²) in [4.78, 5) is 39.0. The highest BCUT2D eigenvalue weighted by molar-refractivity contribution is 8.76. The third kappa shape index (κ3) is 5.43. The molecule has 2 aromatic rings. The van der Waals surface area contributed by atoms with Crippen molar-refractivity contribution in [3.05, 3.63) is 68.0 Å². The fourth-order valence-corrected chi connectivity index (χ4v) is 5.40. The zero-order valence-electron chi connectivity index (χ0n) is 17.6. The van der Waals surface area contributed by atoms with E-state index in [4.69, 9.17) is 9.47 Å². The van der Waals surface area contributed by atoms with E-state index in [1.807, 2.05) is 19.1 Å². The molecule has 168 valence electrons. The molecule has 10 heteroatoms. The number of hydrogen-bond acceptors (Lipinski definition) is 8. The van der Waals surface area contributed by atoms with Crippen molar-refractivity contribution in [2.75, 3.05) is 12.4 Å². The van der Waals surface area contributed by atoms with Crippen molar-refractivity contribution >= 4 is 27.6 Å². The molecule has 0 spiro atoms. The maximum Gasteiger partial charge on any atom is 0.338 e. The van der Waals surface area contributed by atoms with Gasteiger partial charge in [0.2, 0.25) is 0 Å². The number of carbonyl (C=O) groups excluding carboxylic acids is 1. The lowest BCUT2D eigenvalue weighted by atomic mass is 10.0. The lowest BCUT2D eigenvalue weighted by Crippen LogP contribution is -2.33. The number of nitrogens with zero attached hydrogens (tertiary/aromatic N) is 1. The second-order valence-electron chi connectivity index (χ2n) is 7.20. The van der Waals surface area contributed by atoms with Crippen LogP contribution in [-0.2, 0) is 9.47 Å². The Labute approximate surface area is 187 Å². The van der Waals surface area contributed by atoms with Gasteiger partial charge in [0.1, 0.15) is 18.4 Å². The summed E-state index contributed by atoms with van der Waals surface area (Å²) in [5, 5.41) is 9.82. The Hall–Kier alpha value is -2.01. The normalized spacial score (nSPS) is 21.7. The number of aromatic nitrogens is 2. The van der Waals surface area contributed by atoms with E-state index in [0.717, 1.165) is 11.3 Å². The summed E-state index contributed by atoms with van der Waals surface area (Å²) in [6.45, 7) is 5.32. The van der Waals surface area contributed by atoms with Crippen molar-refractivity contribution in [3.8, 4) is 0 Å². The van der Waals surface area contributed by atoms with E-state index < -0.39 is 35.7 Å². The van der Waals surface area contributed by atoms with Crippen molar-refractivity contribution in [1.29, 1.82) is 0 Å². The van der Waals surface area contributed by atoms with Gasteiger partial charge in [0.25, 0.3) is 5.56 Å². The van der Waals surface area contributed by atoms with Crippen LogP contribution in [0.3, 0.4) is 0 Å². The van der Waals surface area contributed by atoms with Crippen molar-refractivity contribution in [1.82, 2.24) is 9.55 Å². The fourth-order valence-electron chi connectivity index (χ4n) is 3.42. The van der Waals surface area contributed by atoms with E-state index in [1.54, 1.807) is 40.6 Å². The molecule has 1 aromatic heterocycles. The standard InChI is InChI=1S/C21H26N2O6S2/c1-4-30-31-13(3)14-7-5-6-8-15(14)20(26)29-16-9-18(28-17(16)11-24)23-10-12(2)19(25)22-21(23)27/h5-8,10,13,16-18,24H,4,9,11H2,1-3H3,(H,22,25,27)/t13?,16-,17-,18-/m1/s1. The van der Waals surface area contributed by atoms with Crippen LogP contribution in [0.4, 0.5) is 0 Å². The minimum absolute atomic E-state index is 0.0950. The first-order valence-corrected chi connectivity index (χ1v) is 12.4. The Balaban J connectivity index is 1.78. The van der Waals surface area contributed by atoms with Gasteiger partial charge in [-0.2, -0.15) is 0 Å². The van der Waals surface area contributed by atoms with Crippen LogP contribution in [0, 0.1) is 6.92 Å². The SMILES string of the molecule is CCSSC(C)c1ccccc1C(=O)O[C@@H]1C[C@H](n2cc(C)c(=O)[nH]c2=O)O[C@@H]1CO. The van der Waals surface area contributed by atoms with Gasteiger partial charge >= 0.3 is 11.7 Å². The zero-order valence-corrected chi connectivity index (χ0v) is 19.2. The number of aromatic amines is 1. The first-order chi connectivity index (χ1) is 14.8. The lowest BCUT2D eigenvalue weighted by molar-refractivity contribution is -0.0522. The van der Waals surface area contributed by atoms with Crippen LogP contribution in [0.25, 0.3) is 0 Å². The van der Waals surface area contributed by atoms with Gasteiger partial charge in [-0.25, -0.2) is 9.59 Å². The number of benzene rings is 1. The summed E-state index contributed by atoms with van der Waals surface area (Å²) in [6.07, 6.45) is -0.682. The largest absolute Gasteiger partial charge is 0.456 e. The molecule has 2 N–H and O–H groups in total. The molecule has 1 saturated heterocycles. The minimum Gasteiger partial charge on any atom is -0.456 e. The van der Waals surface area contributed by atoms with Crippen molar-refractivity contribution in [2.24, 2.45) is 0 Å². The van der Waals surface area contributed by atoms with E-state index in [-0.39, 0.29) is 18.3 Å². The quantitative estimate of drug-likeness (QED) is 0.451. The highest BCUT2D eigenvalue weighted by Crippen LogP contribution is 2.39. The topological polar surface area (TPSA) is 111 Å². The number of aliphatic hydroxyl groups excluding tert-OH is 1. The predicted molar refractivity (Wildman–Crippen MR) is 121 cm³/mol. The van der Waals surface area contributed by atoms with E-state index in [2.05, 4.69) is 11.9 Å². The molecule has 1 aliphatic rings. The molecule has 1 aromatic carbocycles. The zero-order chi connectivity index (χ0) is 22.5. The summed E-state index contributed by atoms with van der Waals surface area (Å²) >= 11 is 0. The summed E-state index contributed by atoms with van der Waals surface area (Å²) in [5.74, 6) is 0.465. The molecule has 0 saturated carbocycles. The molecule has 0 amide bonds. The first kappa shape index (κ1) is 23.6. The summed E-state index contributed by atoms with van der Waals surface area (Å²) < 4.78 is 12.7. The van der Waals surface area contributed by atoms with Crippen molar-refractivity contribution in [2.45, 2.75) is 50.9 Å². The number of esters is 1. The Morgan fingerprint density at radius 3 is 2.84 bits per heavy atom. The molecule has 4 atom stereocenters. The van der Waals surface area contributed by atoms with E-state index in [0.29, 0.717) is 11.1 Å². The number of carbonyl (C=O) groups is 1. The molecule has 0 radical (unpaired) electrons. The number of rotatable bonds is 8. The molecule has 31 heavy (non-hydrogen) atoms. The molecule has 0 aliphatic carbocycles. The van der Waals surface area contributed by atoms with Gasteiger partial charge in [0, 0.05) is 29.2 Å². The Morgan fingerprint density at radius 2 is 2.13 bits per heavy atom. The predicted octanol–water partition coefficient (Wildman–Crippen LogP) is 2.81.